The van der Waals surface area contributed by atoms with Crippen molar-refractivity contribution in [3.8, 4) is 17.2 Å². The Bertz CT molecular complexity index is 1230. The summed E-state index contributed by atoms with van der Waals surface area (Å²) in [5.41, 5.74) is 0.350. The van der Waals surface area contributed by atoms with Crippen LogP contribution in [0.2, 0.25) is 0 Å². The fourth-order valence-electron chi connectivity index (χ4n) is 3.93. The van der Waals surface area contributed by atoms with Crippen molar-refractivity contribution in [3.05, 3.63) is 48.0 Å². The molecule has 11 heteroatoms. The Balaban J connectivity index is 2.56. The molecule has 0 fully saturated rings. The predicted octanol–water partition coefficient (Wildman–Crippen LogP) is 3.20. The van der Waals surface area contributed by atoms with Crippen molar-refractivity contribution in [3.63, 3.8) is 0 Å². The third-order valence-electron chi connectivity index (χ3n) is 5.71. The molecule has 0 aliphatic rings. The van der Waals surface area contributed by atoms with Crippen molar-refractivity contribution < 1.29 is 32.2 Å². The zero-order valence-electron chi connectivity index (χ0n) is 23.4. The fraction of sp³-hybridized carbons (Fsp3) is 0.481. The number of ether oxygens (including phenoxy) is 3. The summed E-state index contributed by atoms with van der Waals surface area (Å²) in [5.74, 6) is 0.355. The molecule has 0 spiro atoms. The third-order valence-corrected chi connectivity index (χ3v) is 6.83. The summed E-state index contributed by atoms with van der Waals surface area (Å²) in [6.07, 6.45) is 1.33. The normalized spacial score (nSPS) is 12.3. The second-order valence-corrected chi connectivity index (χ2v) is 11.8. The van der Waals surface area contributed by atoms with Gasteiger partial charge in [0.05, 0.1) is 33.3 Å². The first kappa shape index (κ1) is 30.8. The van der Waals surface area contributed by atoms with Gasteiger partial charge in [-0.3, -0.25) is 13.9 Å². The van der Waals surface area contributed by atoms with Crippen molar-refractivity contribution in [2.45, 2.75) is 52.2 Å². The van der Waals surface area contributed by atoms with E-state index in [0.717, 1.165) is 16.1 Å². The van der Waals surface area contributed by atoms with E-state index in [-0.39, 0.29) is 23.9 Å². The lowest BCUT2D eigenvalue weighted by molar-refractivity contribution is -0.141. The summed E-state index contributed by atoms with van der Waals surface area (Å²) < 4.78 is 42.8. The Hall–Kier alpha value is -3.47. The number of carbonyl (C=O) groups excluding carboxylic acids is 2. The van der Waals surface area contributed by atoms with Crippen molar-refractivity contribution in [2.75, 3.05) is 38.4 Å². The molecule has 0 aromatic heterocycles. The van der Waals surface area contributed by atoms with Crippen LogP contribution in [0.25, 0.3) is 0 Å². The van der Waals surface area contributed by atoms with Crippen molar-refractivity contribution >= 4 is 27.5 Å². The molecule has 210 valence electrons. The zero-order valence-corrected chi connectivity index (χ0v) is 24.2. The summed E-state index contributed by atoms with van der Waals surface area (Å²) >= 11 is 0. The van der Waals surface area contributed by atoms with Crippen LogP contribution >= 0.6 is 0 Å². The van der Waals surface area contributed by atoms with Crippen molar-refractivity contribution in [1.82, 2.24) is 10.2 Å². The number of anilines is 1. The molecule has 2 rings (SSSR count). The molecule has 0 unspecified atom stereocenters. The molecule has 0 aliphatic heterocycles. The molecule has 10 nitrogen and oxygen atoms in total. The lowest BCUT2D eigenvalue weighted by Crippen LogP contribution is -2.55. The maximum Gasteiger partial charge on any atom is 0.244 e. The van der Waals surface area contributed by atoms with E-state index in [1.54, 1.807) is 44.4 Å². The highest BCUT2D eigenvalue weighted by Gasteiger charge is 2.34. The van der Waals surface area contributed by atoms with Gasteiger partial charge in [0.15, 0.2) is 0 Å². The standard InChI is InChI=1S/C27H39N3O7S/c1-9-22(26(32)28-27(2,3)4)29(17-19-11-10-12-20(15-19)35-5)25(31)18-30(38(8,33)34)23-16-21(36-6)13-14-24(23)37-7/h10-16,22H,9,17-18H2,1-8H3,(H,28,32)/t22-/m0/s1. The van der Waals surface area contributed by atoms with Crippen LogP contribution < -0.4 is 23.8 Å². The van der Waals surface area contributed by atoms with Crippen LogP contribution in [0.15, 0.2) is 42.5 Å². The molecule has 0 bridgehead atoms. The SMILES string of the molecule is CC[C@@H](C(=O)NC(C)(C)C)N(Cc1cccc(OC)c1)C(=O)CN(c1cc(OC)ccc1OC)S(C)(=O)=O. The summed E-state index contributed by atoms with van der Waals surface area (Å²) in [5, 5.41) is 2.94. The zero-order chi connectivity index (χ0) is 28.7. The molecule has 1 N–H and O–H groups in total. The summed E-state index contributed by atoms with van der Waals surface area (Å²) in [6, 6.07) is 11.0. The minimum absolute atomic E-state index is 0.0684. The maximum absolute atomic E-state index is 13.9. The average molecular weight is 550 g/mol. The maximum atomic E-state index is 13.9. The summed E-state index contributed by atoms with van der Waals surface area (Å²) in [7, 11) is 0.466. The lowest BCUT2D eigenvalue weighted by atomic mass is 10.1. The first-order valence-corrected chi connectivity index (χ1v) is 14.0. The van der Waals surface area contributed by atoms with E-state index in [2.05, 4.69) is 5.32 Å². The molecular formula is C27H39N3O7S. The monoisotopic (exact) mass is 549 g/mol. The van der Waals surface area contributed by atoms with E-state index in [0.29, 0.717) is 17.9 Å². The summed E-state index contributed by atoms with van der Waals surface area (Å²) in [4.78, 5) is 28.6. The molecule has 0 saturated heterocycles. The molecule has 2 aromatic carbocycles. The lowest BCUT2D eigenvalue weighted by Gasteiger charge is -2.34. The molecule has 2 aromatic rings. The van der Waals surface area contributed by atoms with Crippen molar-refractivity contribution in [1.29, 1.82) is 0 Å². The number of amides is 2. The molecule has 0 heterocycles. The predicted molar refractivity (Wildman–Crippen MR) is 147 cm³/mol. The number of nitrogens with one attached hydrogen (secondary N) is 1. The highest BCUT2D eigenvalue weighted by Crippen LogP contribution is 2.34. The fourth-order valence-corrected chi connectivity index (χ4v) is 4.77. The van der Waals surface area contributed by atoms with E-state index in [1.165, 1.54) is 25.2 Å². The largest absolute Gasteiger partial charge is 0.497 e. The van der Waals surface area contributed by atoms with Crippen molar-refractivity contribution in [2.24, 2.45) is 0 Å². The third kappa shape index (κ3) is 8.27. The van der Waals surface area contributed by atoms with E-state index in [9.17, 15) is 18.0 Å². The van der Waals surface area contributed by atoms with Gasteiger partial charge in [0.2, 0.25) is 21.8 Å². The van der Waals surface area contributed by atoms with E-state index in [4.69, 9.17) is 14.2 Å². The number of methoxy groups -OCH3 is 3. The van der Waals surface area contributed by atoms with Gasteiger partial charge in [0, 0.05) is 18.2 Å². The highest BCUT2D eigenvalue weighted by molar-refractivity contribution is 7.92. The molecule has 2 amide bonds. The molecular weight excluding hydrogens is 510 g/mol. The van der Waals surface area contributed by atoms with Gasteiger partial charge in [0.25, 0.3) is 0 Å². The second-order valence-electron chi connectivity index (χ2n) is 9.84. The van der Waals surface area contributed by atoms with Crippen LogP contribution in [0.4, 0.5) is 5.69 Å². The van der Waals surface area contributed by atoms with Gasteiger partial charge in [-0.2, -0.15) is 0 Å². The Morgan fingerprint density at radius 1 is 0.974 bits per heavy atom. The molecule has 0 aliphatic carbocycles. The topological polar surface area (TPSA) is 114 Å². The smallest absolute Gasteiger partial charge is 0.244 e. The molecule has 1 atom stereocenters. The number of hydrogen-bond donors (Lipinski definition) is 1. The summed E-state index contributed by atoms with van der Waals surface area (Å²) in [6.45, 7) is 6.88. The highest BCUT2D eigenvalue weighted by atomic mass is 32.2. The van der Waals surface area contributed by atoms with Gasteiger partial charge >= 0.3 is 0 Å². The van der Waals surface area contributed by atoms with Gasteiger partial charge in [-0.25, -0.2) is 8.42 Å². The van der Waals surface area contributed by atoms with Crippen LogP contribution in [0, 0.1) is 0 Å². The molecule has 38 heavy (non-hydrogen) atoms. The van der Waals surface area contributed by atoms with Gasteiger partial charge in [0.1, 0.15) is 29.8 Å². The van der Waals surface area contributed by atoms with Crippen LogP contribution in [0.5, 0.6) is 17.2 Å². The van der Waals surface area contributed by atoms with E-state index >= 15 is 0 Å². The number of nitrogens with zero attached hydrogens (tertiary/aromatic N) is 2. The first-order chi connectivity index (χ1) is 17.7. The van der Waals surface area contributed by atoms with Gasteiger partial charge < -0.3 is 24.4 Å². The number of benzene rings is 2. The van der Waals surface area contributed by atoms with Gasteiger partial charge in [-0.1, -0.05) is 19.1 Å². The van der Waals surface area contributed by atoms with Gasteiger partial charge in [-0.15, -0.1) is 0 Å². The Labute approximate surface area is 225 Å². The minimum Gasteiger partial charge on any atom is -0.497 e. The van der Waals surface area contributed by atoms with E-state index < -0.39 is 34.1 Å². The quantitative estimate of drug-likeness (QED) is 0.432. The average Bonchev–Trinajstić information content (AvgIpc) is 2.84. The molecule has 0 saturated carbocycles. The number of hydrogen-bond acceptors (Lipinski definition) is 7. The second kappa shape index (κ2) is 12.9. The van der Waals surface area contributed by atoms with Gasteiger partial charge in [-0.05, 0) is 57.0 Å². The molecule has 0 radical (unpaired) electrons. The van der Waals surface area contributed by atoms with Crippen LogP contribution in [-0.2, 0) is 26.2 Å². The number of carbonyl (C=O) groups is 2. The van der Waals surface area contributed by atoms with Crippen LogP contribution in [-0.4, -0.2) is 70.8 Å². The Morgan fingerprint density at radius 3 is 2.13 bits per heavy atom. The first-order valence-electron chi connectivity index (χ1n) is 12.2. The number of sulfonamides is 1. The van der Waals surface area contributed by atoms with Crippen LogP contribution in [0.1, 0.15) is 39.7 Å². The van der Waals surface area contributed by atoms with Crippen LogP contribution in [0.3, 0.4) is 0 Å². The van der Waals surface area contributed by atoms with E-state index in [1.807, 2.05) is 26.8 Å². The minimum atomic E-state index is -3.94. The Kier molecular flexibility index (Phi) is 10.4. The Morgan fingerprint density at radius 2 is 1.61 bits per heavy atom. The number of rotatable bonds is 12.